The van der Waals surface area contributed by atoms with Gasteiger partial charge in [-0.25, -0.2) is 4.79 Å². The van der Waals surface area contributed by atoms with Crippen molar-refractivity contribution >= 4 is 22.8 Å². The number of imide groups is 1. The van der Waals surface area contributed by atoms with Crippen LogP contribution in [0.15, 0.2) is 24.4 Å². The highest BCUT2D eigenvalue weighted by Gasteiger charge is 2.44. The molecule has 7 nitrogen and oxygen atoms in total. The molecule has 2 aliphatic rings. The normalized spacial score (nSPS) is 21.8. The summed E-state index contributed by atoms with van der Waals surface area (Å²) in [7, 11) is 4.04. The van der Waals surface area contributed by atoms with Gasteiger partial charge < -0.3 is 15.2 Å². The van der Waals surface area contributed by atoms with Gasteiger partial charge in [-0.3, -0.25) is 14.6 Å². The van der Waals surface area contributed by atoms with E-state index in [9.17, 15) is 9.59 Å². The highest BCUT2D eigenvalue weighted by molar-refractivity contribution is 5.96. The summed E-state index contributed by atoms with van der Waals surface area (Å²) in [5.41, 5.74) is 3.95. The summed E-state index contributed by atoms with van der Waals surface area (Å²) in [4.78, 5) is 36.4. The number of piperidine rings is 1. The Morgan fingerprint density at radius 1 is 1.14 bits per heavy atom. The van der Waals surface area contributed by atoms with Crippen LogP contribution in [-0.2, 0) is 11.2 Å². The second-order valence-corrected chi connectivity index (χ2v) is 10.6. The number of hydrogen-bond acceptors (Lipinski definition) is 4. The van der Waals surface area contributed by atoms with Gasteiger partial charge in [-0.2, -0.15) is 0 Å². The maximum Gasteiger partial charge on any atom is 0.324 e. The number of urea groups is 1. The second kappa shape index (κ2) is 11.6. The number of carbonyl (C=O) groups excluding carboxylic acids is 2. The number of rotatable bonds is 10. The Bertz CT molecular complexity index is 1020. The number of amides is 3. The van der Waals surface area contributed by atoms with E-state index in [1.165, 1.54) is 39.8 Å². The van der Waals surface area contributed by atoms with Crippen molar-refractivity contribution in [2.45, 2.75) is 64.3 Å². The lowest BCUT2D eigenvalue weighted by atomic mass is 9.72. The zero-order valence-electron chi connectivity index (χ0n) is 22.0. The lowest BCUT2D eigenvalue weighted by Crippen LogP contribution is -2.55. The molecule has 192 valence electrons. The van der Waals surface area contributed by atoms with E-state index in [4.69, 9.17) is 0 Å². The molecule has 4 rings (SSSR count). The molecule has 1 saturated heterocycles. The first kappa shape index (κ1) is 25.7. The summed E-state index contributed by atoms with van der Waals surface area (Å²) in [6, 6.07) is 6.70. The van der Waals surface area contributed by atoms with Crippen molar-refractivity contribution in [3.8, 4) is 0 Å². The monoisotopic (exact) mass is 481 g/mol. The predicted molar refractivity (Wildman–Crippen MR) is 142 cm³/mol. The minimum Gasteiger partial charge on any atom is -0.361 e. The lowest BCUT2D eigenvalue weighted by Gasteiger charge is -2.47. The first-order valence-electron chi connectivity index (χ1n) is 13.5. The van der Waals surface area contributed by atoms with Gasteiger partial charge in [0.25, 0.3) is 0 Å². The molecule has 0 radical (unpaired) electrons. The van der Waals surface area contributed by atoms with Crippen LogP contribution in [0.1, 0.15) is 63.0 Å². The Labute approximate surface area is 210 Å². The average molecular weight is 482 g/mol. The summed E-state index contributed by atoms with van der Waals surface area (Å²) >= 11 is 0. The van der Waals surface area contributed by atoms with Crippen molar-refractivity contribution in [1.82, 2.24) is 25.0 Å². The molecule has 1 fully saturated rings. The van der Waals surface area contributed by atoms with Crippen molar-refractivity contribution in [3.63, 3.8) is 0 Å². The van der Waals surface area contributed by atoms with Gasteiger partial charge in [-0.1, -0.05) is 31.9 Å². The molecule has 3 atom stereocenters. The molecular weight excluding hydrogens is 438 g/mol. The highest BCUT2D eigenvalue weighted by atomic mass is 16.2. The van der Waals surface area contributed by atoms with Crippen molar-refractivity contribution < 1.29 is 9.59 Å². The zero-order valence-corrected chi connectivity index (χ0v) is 22.0. The van der Waals surface area contributed by atoms with E-state index in [0.29, 0.717) is 25.0 Å². The van der Waals surface area contributed by atoms with Gasteiger partial charge in [0.05, 0.1) is 5.92 Å². The molecule has 7 heteroatoms. The van der Waals surface area contributed by atoms with Crippen molar-refractivity contribution in [1.29, 1.82) is 0 Å². The molecule has 0 spiro atoms. The minimum absolute atomic E-state index is 0.0133. The molecule has 2 N–H and O–H groups in total. The second-order valence-electron chi connectivity index (χ2n) is 10.6. The van der Waals surface area contributed by atoms with Crippen LogP contribution in [0.25, 0.3) is 10.9 Å². The van der Waals surface area contributed by atoms with E-state index < -0.39 is 0 Å². The number of hydrogen-bond donors (Lipinski definition) is 2. The molecule has 0 saturated carbocycles. The number of H-pyrrole nitrogens is 1. The summed E-state index contributed by atoms with van der Waals surface area (Å²) in [6.07, 6.45) is 8.32. The number of benzene rings is 1. The van der Waals surface area contributed by atoms with Crippen LogP contribution in [0.2, 0.25) is 0 Å². The number of likely N-dealkylation sites (tertiary alicyclic amines) is 1. The first-order chi connectivity index (χ1) is 16.9. The third kappa shape index (κ3) is 5.56. The average Bonchev–Trinajstić information content (AvgIpc) is 3.26. The number of aromatic nitrogens is 1. The van der Waals surface area contributed by atoms with Gasteiger partial charge in [-0.15, -0.1) is 0 Å². The number of nitrogens with zero attached hydrogens (tertiary/aromatic N) is 3. The third-order valence-electron chi connectivity index (χ3n) is 7.80. The first-order valence-corrected chi connectivity index (χ1v) is 13.5. The van der Waals surface area contributed by atoms with E-state index in [2.05, 4.69) is 51.4 Å². The molecular formula is C28H43N5O2. The fourth-order valence-electron chi connectivity index (χ4n) is 6.12. The summed E-state index contributed by atoms with van der Waals surface area (Å²) in [5.74, 6) is 0.125. The van der Waals surface area contributed by atoms with Crippen LogP contribution < -0.4 is 5.32 Å². The molecule has 0 unspecified atom stereocenters. The van der Waals surface area contributed by atoms with Crippen LogP contribution in [0.5, 0.6) is 0 Å². The molecule has 1 aromatic heterocycles. The van der Waals surface area contributed by atoms with Crippen LogP contribution in [-0.4, -0.2) is 84.5 Å². The molecule has 3 amide bonds. The fourth-order valence-corrected chi connectivity index (χ4v) is 6.12. The Hall–Kier alpha value is -2.38. The lowest BCUT2D eigenvalue weighted by molar-refractivity contribution is -0.135. The van der Waals surface area contributed by atoms with E-state index in [1.807, 2.05) is 21.0 Å². The molecule has 1 aromatic carbocycles. The van der Waals surface area contributed by atoms with E-state index in [0.717, 1.165) is 45.3 Å². The quantitative estimate of drug-likeness (QED) is 0.499. The SMILES string of the molecule is CCCCCN1C[C@H](C(=O)N(CCCN(C)C)C(=O)NCC)C[C@@H]2c3cccc4[nH]cc(c34)C[C@H]21. The van der Waals surface area contributed by atoms with Gasteiger partial charge in [0.15, 0.2) is 0 Å². The van der Waals surface area contributed by atoms with Crippen molar-refractivity contribution in [3.05, 3.63) is 35.5 Å². The van der Waals surface area contributed by atoms with Gasteiger partial charge >= 0.3 is 6.03 Å². The standard InChI is InChI=1S/C28H43N5O2/c1-5-7-8-14-32-19-21(27(34)33(28(35)29-6-2)15-10-13-31(3)4)16-23-22-11-9-12-24-26(22)20(18-30-24)17-25(23)32/h9,11-12,18,21,23,25,30H,5-8,10,13-17,19H2,1-4H3,(H,29,35)/t21-,23-,25-/m1/s1. The third-order valence-corrected chi connectivity index (χ3v) is 7.80. The van der Waals surface area contributed by atoms with Crippen LogP contribution >= 0.6 is 0 Å². The Morgan fingerprint density at radius 3 is 2.71 bits per heavy atom. The van der Waals surface area contributed by atoms with Crippen LogP contribution in [0, 0.1) is 5.92 Å². The number of nitrogens with one attached hydrogen (secondary N) is 2. The Balaban J connectivity index is 1.61. The molecule has 1 aliphatic carbocycles. The molecule has 0 bridgehead atoms. The van der Waals surface area contributed by atoms with Crippen LogP contribution in [0.3, 0.4) is 0 Å². The predicted octanol–water partition coefficient (Wildman–Crippen LogP) is 4.20. The molecule has 35 heavy (non-hydrogen) atoms. The summed E-state index contributed by atoms with van der Waals surface area (Å²) in [5, 5.41) is 4.22. The number of fused-ring (bicyclic) bond motifs is 2. The molecule has 1 aliphatic heterocycles. The van der Waals surface area contributed by atoms with E-state index in [1.54, 1.807) is 0 Å². The van der Waals surface area contributed by atoms with Gasteiger partial charge in [0.1, 0.15) is 0 Å². The maximum atomic E-state index is 13.9. The fraction of sp³-hybridized carbons (Fsp3) is 0.643. The minimum atomic E-state index is -0.255. The summed E-state index contributed by atoms with van der Waals surface area (Å²) in [6.45, 7) is 7.71. The van der Waals surface area contributed by atoms with Gasteiger partial charge in [0, 0.05) is 48.7 Å². The summed E-state index contributed by atoms with van der Waals surface area (Å²) < 4.78 is 0. The van der Waals surface area contributed by atoms with Gasteiger partial charge in [-0.05, 0) is 77.0 Å². The van der Waals surface area contributed by atoms with E-state index >= 15 is 0 Å². The van der Waals surface area contributed by atoms with Gasteiger partial charge in [0.2, 0.25) is 5.91 Å². The maximum absolute atomic E-state index is 13.9. The largest absolute Gasteiger partial charge is 0.361 e. The number of carbonyl (C=O) groups is 2. The smallest absolute Gasteiger partial charge is 0.324 e. The highest BCUT2D eigenvalue weighted by Crippen LogP contribution is 2.45. The number of unbranched alkanes of at least 4 members (excludes halogenated alkanes) is 2. The van der Waals surface area contributed by atoms with E-state index in [-0.39, 0.29) is 17.9 Å². The molecule has 2 aromatic rings. The topological polar surface area (TPSA) is 71.7 Å². The Morgan fingerprint density at radius 2 is 1.97 bits per heavy atom. The zero-order chi connectivity index (χ0) is 24.9. The van der Waals surface area contributed by atoms with Crippen molar-refractivity contribution in [2.75, 3.05) is 46.8 Å². The van der Waals surface area contributed by atoms with Crippen molar-refractivity contribution in [2.24, 2.45) is 5.92 Å². The Kier molecular flexibility index (Phi) is 8.50. The van der Waals surface area contributed by atoms with Crippen LogP contribution in [0.4, 0.5) is 4.79 Å². The number of aromatic amines is 1. The molecule has 2 heterocycles.